The minimum atomic E-state index is -3.14. The number of hydrazone groups is 1. The van der Waals surface area contributed by atoms with Crippen LogP contribution in [0.1, 0.15) is 5.56 Å². The van der Waals surface area contributed by atoms with Gasteiger partial charge in [-0.15, -0.1) is 0 Å². The smallest absolute Gasteiger partial charge is 0.248 e. The minimum absolute atomic E-state index is 0.176. The fraction of sp³-hybridized carbons (Fsp3) is 0.130. The van der Waals surface area contributed by atoms with Crippen LogP contribution in [0.2, 0.25) is 0 Å². The fourth-order valence-corrected chi connectivity index (χ4v) is 5.46. The number of carbonyl (C=O) groups excluding carboxylic acids is 1. The maximum atomic E-state index is 13.9. The predicted molar refractivity (Wildman–Crippen MR) is 120 cm³/mol. The Morgan fingerprint density at radius 2 is 1.47 bits per heavy atom. The van der Waals surface area contributed by atoms with Gasteiger partial charge in [0.05, 0.1) is 26.6 Å². The molecule has 0 heterocycles. The molecule has 0 fully saturated rings. The van der Waals surface area contributed by atoms with E-state index in [1.165, 1.54) is 6.21 Å². The summed E-state index contributed by atoms with van der Waals surface area (Å²) in [4.78, 5) is 12.6. The number of methoxy groups -OCH3 is 2. The van der Waals surface area contributed by atoms with E-state index in [-0.39, 0.29) is 6.16 Å². The summed E-state index contributed by atoms with van der Waals surface area (Å²) in [5.74, 6) is 0.735. The molecule has 0 aliphatic rings. The largest absolute Gasteiger partial charge is 0.493 e. The number of hydrogen-bond acceptors (Lipinski definition) is 5. The summed E-state index contributed by atoms with van der Waals surface area (Å²) in [6.45, 7) is 0. The molecule has 3 rings (SSSR count). The standard InChI is InChI=1S/C23H23N2O4P/c1-28-21-14-13-18(15-22(21)29-2)16-24-25-23(26)17-30(27,19-9-5-3-6-10-19)20-11-7-4-8-12-20/h3-16H,17H2,1-2H3,(H,25,26)/b24-16+. The van der Waals surface area contributed by atoms with E-state index in [2.05, 4.69) is 10.5 Å². The van der Waals surface area contributed by atoms with Crippen molar-refractivity contribution in [1.82, 2.24) is 5.43 Å². The van der Waals surface area contributed by atoms with Gasteiger partial charge in [-0.3, -0.25) is 4.79 Å². The molecule has 0 unspecified atom stereocenters. The Labute approximate surface area is 175 Å². The van der Waals surface area contributed by atoms with Crippen molar-refractivity contribution in [2.75, 3.05) is 20.4 Å². The summed E-state index contributed by atoms with van der Waals surface area (Å²) in [5.41, 5.74) is 3.20. The van der Waals surface area contributed by atoms with Crippen LogP contribution in [0.25, 0.3) is 0 Å². The number of amides is 1. The molecule has 6 nitrogen and oxygen atoms in total. The van der Waals surface area contributed by atoms with Gasteiger partial charge >= 0.3 is 0 Å². The van der Waals surface area contributed by atoms with Crippen molar-refractivity contribution < 1.29 is 18.8 Å². The number of carbonyl (C=O) groups is 1. The zero-order valence-electron chi connectivity index (χ0n) is 16.8. The highest BCUT2D eigenvalue weighted by atomic mass is 31.2. The molecule has 0 radical (unpaired) electrons. The molecular formula is C23H23N2O4P. The third kappa shape index (κ3) is 4.97. The molecule has 0 bridgehead atoms. The number of hydrogen-bond donors (Lipinski definition) is 1. The summed E-state index contributed by atoms with van der Waals surface area (Å²) in [6, 6.07) is 23.4. The lowest BCUT2D eigenvalue weighted by atomic mass is 10.2. The van der Waals surface area contributed by atoms with Gasteiger partial charge in [-0.05, 0) is 23.8 Å². The first-order chi connectivity index (χ1) is 14.6. The Bertz CT molecular complexity index is 1030. The fourth-order valence-electron chi connectivity index (χ4n) is 3.02. The summed E-state index contributed by atoms with van der Waals surface area (Å²) in [5, 5.41) is 5.27. The zero-order valence-corrected chi connectivity index (χ0v) is 17.7. The Balaban J connectivity index is 1.76. The molecule has 0 saturated heterocycles. The topological polar surface area (TPSA) is 77.0 Å². The zero-order chi connectivity index (χ0) is 21.4. The van der Waals surface area contributed by atoms with E-state index >= 15 is 0 Å². The number of rotatable bonds is 8. The van der Waals surface area contributed by atoms with E-state index in [9.17, 15) is 9.36 Å². The summed E-state index contributed by atoms with van der Waals surface area (Å²) in [6.07, 6.45) is 1.32. The van der Waals surface area contributed by atoms with E-state index < -0.39 is 13.0 Å². The summed E-state index contributed by atoms with van der Waals surface area (Å²) in [7, 11) is -0.0322. The van der Waals surface area contributed by atoms with E-state index in [0.717, 1.165) is 5.56 Å². The Hall–Kier alpha value is -3.37. The van der Waals surface area contributed by atoms with Crippen molar-refractivity contribution in [1.29, 1.82) is 0 Å². The van der Waals surface area contributed by atoms with Crippen LogP contribution in [0.5, 0.6) is 11.5 Å². The van der Waals surface area contributed by atoms with Crippen LogP contribution in [0.3, 0.4) is 0 Å². The maximum Gasteiger partial charge on any atom is 0.248 e. The Morgan fingerprint density at radius 3 is 2.00 bits per heavy atom. The monoisotopic (exact) mass is 422 g/mol. The molecule has 0 saturated carbocycles. The molecule has 3 aromatic carbocycles. The maximum absolute atomic E-state index is 13.9. The molecular weight excluding hydrogens is 399 g/mol. The number of nitrogens with one attached hydrogen (secondary N) is 1. The second-order valence-corrected chi connectivity index (χ2v) is 9.30. The van der Waals surface area contributed by atoms with Gasteiger partial charge in [0.25, 0.3) is 0 Å². The van der Waals surface area contributed by atoms with E-state index in [0.29, 0.717) is 22.1 Å². The quantitative estimate of drug-likeness (QED) is 0.344. The lowest BCUT2D eigenvalue weighted by Gasteiger charge is -2.18. The lowest BCUT2D eigenvalue weighted by molar-refractivity contribution is -0.118. The Kier molecular flexibility index (Phi) is 7.04. The van der Waals surface area contributed by atoms with E-state index in [1.54, 1.807) is 56.7 Å². The predicted octanol–water partition coefficient (Wildman–Crippen LogP) is 3.17. The highest BCUT2D eigenvalue weighted by Crippen LogP contribution is 2.42. The SMILES string of the molecule is COc1ccc(/C=N/NC(=O)CP(=O)(c2ccccc2)c2ccccc2)cc1OC. The first-order valence-electron chi connectivity index (χ1n) is 9.31. The molecule has 0 aromatic heterocycles. The van der Waals surface area contributed by atoms with Crippen molar-refractivity contribution in [3.63, 3.8) is 0 Å². The molecule has 1 amide bonds. The average Bonchev–Trinajstić information content (AvgIpc) is 2.80. The van der Waals surface area contributed by atoms with Crippen molar-refractivity contribution in [2.45, 2.75) is 0 Å². The number of benzene rings is 3. The van der Waals surface area contributed by atoms with Crippen LogP contribution in [0.15, 0.2) is 84.0 Å². The highest BCUT2D eigenvalue weighted by molar-refractivity contribution is 7.79. The number of ether oxygens (including phenoxy) is 2. The van der Waals surface area contributed by atoms with Crippen LogP contribution in [-0.4, -0.2) is 32.5 Å². The van der Waals surface area contributed by atoms with Crippen LogP contribution < -0.4 is 25.5 Å². The van der Waals surface area contributed by atoms with Gasteiger partial charge in [0.2, 0.25) is 5.91 Å². The van der Waals surface area contributed by atoms with E-state index in [4.69, 9.17) is 9.47 Å². The summed E-state index contributed by atoms with van der Waals surface area (Å²) >= 11 is 0. The minimum Gasteiger partial charge on any atom is -0.493 e. The van der Waals surface area contributed by atoms with Gasteiger partial charge in [0, 0.05) is 10.6 Å². The molecule has 0 spiro atoms. The Morgan fingerprint density at radius 1 is 0.900 bits per heavy atom. The van der Waals surface area contributed by atoms with Crippen LogP contribution >= 0.6 is 7.14 Å². The molecule has 0 atom stereocenters. The van der Waals surface area contributed by atoms with Gasteiger partial charge in [0.15, 0.2) is 18.6 Å². The van der Waals surface area contributed by atoms with Crippen molar-refractivity contribution in [2.24, 2.45) is 5.10 Å². The molecule has 30 heavy (non-hydrogen) atoms. The van der Waals surface area contributed by atoms with Gasteiger partial charge in [-0.25, -0.2) is 5.43 Å². The van der Waals surface area contributed by atoms with Gasteiger partial charge in [0.1, 0.15) is 0 Å². The van der Waals surface area contributed by atoms with Crippen molar-refractivity contribution in [3.8, 4) is 11.5 Å². The molecule has 0 aliphatic heterocycles. The highest BCUT2D eigenvalue weighted by Gasteiger charge is 2.30. The van der Waals surface area contributed by atoms with Gasteiger partial charge < -0.3 is 14.0 Å². The van der Waals surface area contributed by atoms with Gasteiger partial charge in [-0.2, -0.15) is 5.10 Å². The van der Waals surface area contributed by atoms with E-state index in [1.807, 2.05) is 36.4 Å². The van der Waals surface area contributed by atoms with Crippen molar-refractivity contribution >= 4 is 29.9 Å². The normalized spacial score (nSPS) is 11.3. The van der Waals surface area contributed by atoms with Gasteiger partial charge in [-0.1, -0.05) is 60.7 Å². The van der Waals surface area contributed by atoms with Crippen molar-refractivity contribution in [3.05, 3.63) is 84.4 Å². The molecule has 7 heteroatoms. The first kappa shape index (κ1) is 21.3. The number of nitrogens with zero attached hydrogens (tertiary/aromatic N) is 1. The molecule has 154 valence electrons. The second kappa shape index (κ2) is 9.90. The van der Waals surface area contributed by atoms with Crippen LogP contribution in [0, 0.1) is 0 Å². The molecule has 1 N–H and O–H groups in total. The van der Waals surface area contributed by atoms with Crippen LogP contribution in [-0.2, 0) is 9.36 Å². The molecule has 3 aromatic rings. The third-order valence-corrected chi connectivity index (χ3v) is 7.52. The summed E-state index contributed by atoms with van der Waals surface area (Å²) < 4.78 is 24.3. The lowest BCUT2D eigenvalue weighted by Crippen LogP contribution is -2.28. The third-order valence-electron chi connectivity index (χ3n) is 4.52. The second-order valence-electron chi connectivity index (χ2n) is 6.48. The first-order valence-corrected chi connectivity index (χ1v) is 11.2. The van der Waals surface area contributed by atoms with Crippen LogP contribution in [0.4, 0.5) is 0 Å². The average molecular weight is 422 g/mol. The molecule has 0 aliphatic carbocycles.